The van der Waals surface area contributed by atoms with E-state index in [1.54, 1.807) is 25.3 Å². The zero-order valence-electron chi connectivity index (χ0n) is 15.8. The predicted molar refractivity (Wildman–Crippen MR) is 109 cm³/mol. The van der Waals surface area contributed by atoms with Crippen molar-refractivity contribution in [2.24, 2.45) is 0 Å². The average Bonchev–Trinajstić information content (AvgIpc) is 2.74. The Morgan fingerprint density at radius 2 is 1.89 bits per heavy atom. The van der Waals surface area contributed by atoms with Gasteiger partial charge >= 0.3 is 5.97 Å². The highest BCUT2D eigenvalue weighted by atomic mass is 16.5. The van der Waals surface area contributed by atoms with Crippen LogP contribution in [0.2, 0.25) is 0 Å². The van der Waals surface area contributed by atoms with Gasteiger partial charge in [0.1, 0.15) is 5.82 Å². The molecule has 2 aromatic carbocycles. The van der Waals surface area contributed by atoms with Gasteiger partial charge < -0.3 is 15.0 Å². The SMILES string of the molecule is CCOC(=O)c1ccc(Nc2ccnc(N3CCc4ccccc4C3)n2)cc1. The highest BCUT2D eigenvalue weighted by molar-refractivity contribution is 5.89. The van der Waals surface area contributed by atoms with Crippen molar-refractivity contribution in [2.75, 3.05) is 23.4 Å². The summed E-state index contributed by atoms with van der Waals surface area (Å²) < 4.78 is 5.01. The first-order valence-corrected chi connectivity index (χ1v) is 9.42. The molecule has 1 aromatic heterocycles. The van der Waals surface area contributed by atoms with Crippen LogP contribution in [-0.4, -0.2) is 29.1 Å². The van der Waals surface area contributed by atoms with Crippen molar-refractivity contribution in [3.05, 3.63) is 77.5 Å². The lowest BCUT2D eigenvalue weighted by Gasteiger charge is -2.28. The molecular formula is C22H22N4O2. The number of nitrogens with zero attached hydrogens (tertiary/aromatic N) is 3. The summed E-state index contributed by atoms with van der Waals surface area (Å²) in [6.45, 7) is 3.87. The molecule has 28 heavy (non-hydrogen) atoms. The molecule has 0 bridgehead atoms. The molecule has 0 atom stereocenters. The molecule has 1 N–H and O–H groups in total. The van der Waals surface area contributed by atoms with Crippen molar-refractivity contribution in [3.8, 4) is 0 Å². The zero-order chi connectivity index (χ0) is 19.3. The van der Waals surface area contributed by atoms with E-state index in [1.807, 2.05) is 18.2 Å². The molecule has 0 amide bonds. The third-order valence-corrected chi connectivity index (χ3v) is 4.72. The van der Waals surface area contributed by atoms with Crippen molar-refractivity contribution >= 4 is 23.4 Å². The van der Waals surface area contributed by atoms with E-state index >= 15 is 0 Å². The fourth-order valence-corrected chi connectivity index (χ4v) is 3.29. The van der Waals surface area contributed by atoms with Gasteiger partial charge in [-0.2, -0.15) is 4.98 Å². The monoisotopic (exact) mass is 374 g/mol. The molecule has 1 aliphatic rings. The lowest BCUT2D eigenvalue weighted by molar-refractivity contribution is 0.0526. The summed E-state index contributed by atoms with van der Waals surface area (Å²) in [4.78, 5) is 23.1. The maximum Gasteiger partial charge on any atom is 0.338 e. The molecule has 0 saturated heterocycles. The van der Waals surface area contributed by atoms with Crippen LogP contribution in [0.1, 0.15) is 28.4 Å². The summed E-state index contributed by atoms with van der Waals surface area (Å²) in [7, 11) is 0. The van der Waals surface area contributed by atoms with Gasteiger partial charge in [0.15, 0.2) is 0 Å². The summed E-state index contributed by atoms with van der Waals surface area (Å²) in [6.07, 6.45) is 2.75. The van der Waals surface area contributed by atoms with Crippen LogP contribution in [0.4, 0.5) is 17.5 Å². The number of fused-ring (bicyclic) bond motifs is 1. The van der Waals surface area contributed by atoms with Gasteiger partial charge in [-0.3, -0.25) is 0 Å². The number of carbonyl (C=O) groups is 1. The van der Waals surface area contributed by atoms with Crippen LogP contribution in [0.15, 0.2) is 60.8 Å². The minimum absolute atomic E-state index is 0.316. The van der Waals surface area contributed by atoms with Crippen molar-refractivity contribution in [1.82, 2.24) is 9.97 Å². The topological polar surface area (TPSA) is 67.3 Å². The predicted octanol–water partition coefficient (Wildman–Crippen LogP) is 3.96. The first-order valence-electron chi connectivity index (χ1n) is 9.42. The van der Waals surface area contributed by atoms with E-state index in [0.29, 0.717) is 23.9 Å². The van der Waals surface area contributed by atoms with Gasteiger partial charge in [-0.1, -0.05) is 24.3 Å². The Kier molecular flexibility index (Phi) is 5.19. The second kappa shape index (κ2) is 8.08. The van der Waals surface area contributed by atoms with E-state index in [1.165, 1.54) is 11.1 Å². The van der Waals surface area contributed by atoms with Crippen LogP contribution >= 0.6 is 0 Å². The molecule has 0 radical (unpaired) electrons. The smallest absolute Gasteiger partial charge is 0.338 e. The summed E-state index contributed by atoms with van der Waals surface area (Å²) in [6, 6.07) is 17.5. The number of anilines is 3. The van der Waals surface area contributed by atoms with Crippen molar-refractivity contribution in [3.63, 3.8) is 0 Å². The van der Waals surface area contributed by atoms with Crippen LogP contribution in [0, 0.1) is 0 Å². The average molecular weight is 374 g/mol. The maximum atomic E-state index is 11.8. The van der Waals surface area contributed by atoms with Crippen LogP contribution in [0.3, 0.4) is 0 Å². The normalized spacial score (nSPS) is 13.0. The number of hydrogen-bond acceptors (Lipinski definition) is 6. The number of benzene rings is 2. The number of hydrogen-bond donors (Lipinski definition) is 1. The lowest BCUT2D eigenvalue weighted by atomic mass is 10.0. The summed E-state index contributed by atoms with van der Waals surface area (Å²) in [5, 5.41) is 3.27. The van der Waals surface area contributed by atoms with Gasteiger partial charge in [0.05, 0.1) is 12.2 Å². The number of ether oxygens (including phenoxy) is 1. The minimum atomic E-state index is -0.316. The number of carbonyl (C=O) groups excluding carboxylic acids is 1. The van der Waals surface area contributed by atoms with E-state index in [2.05, 4.69) is 44.5 Å². The molecule has 0 saturated carbocycles. The summed E-state index contributed by atoms with van der Waals surface area (Å²) in [5.41, 5.74) is 4.10. The molecule has 142 valence electrons. The Balaban J connectivity index is 1.46. The molecule has 1 aliphatic heterocycles. The molecule has 0 aliphatic carbocycles. The lowest BCUT2D eigenvalue weighted by Crippen LogP contribution is -2.31. The Hall–Kier alpha value is -3.41. The molecular weight excluding hydrogens is 352 g/mol. The number of aromatic nitrogens is 2. The molecule has 0 unspecified atom stereocenters. The van der Waals surface area contributed by atoms with Crippen LogP contribution in [-0.2, 0) is 17.7 Å². The van der Waals surface area contributed by atoms with Crippen LogP contribution in [0.25, 0.3) is 0 Å². The van der Waals surface area contributed by atoms with Gasteiger partial charge in [-0.15, -0.1) is 0 Å². The van der Waals surface area contributed by atoms with Crippen LogP contribution < -0.4 is 10.2 Å². The van der Waals surface area contributed by atoms with E-state index < -0.39 is 0 Å². The Morgan fingerprint density at radius 1 is 1.11 bits per heavy atom. The quantitative estimate of drug-likeness (QED) is 0.682. The summed E-state index contributed by atoms with van der Waals surface area (Å²) >= 11 is 0. The molecule has 0 fully saturated rings. The van der Waals surface area contributed by atoms with E-state index in [0.717, 1.165) is 25.2 Å². The largest absolute Gasteiger partial charge is 0.462 e. The van der Waals surface area contributed by atoms with Gasteiger partial charge in [0.25, 0.3) is 0 Å². The first kappa shape index (κ1) is 18.0. The van der Waals surface area contributed by atoms with Crippen molar-refractivity contribution in [2.45, 2.75) is 19.9 Å². The van der Waals surface area contributed by atoms with Gasteiger partial charge in [-0.05, 0) is 54.8 Å². The zero-order valence-corrected chi connectivity index (χ0v) is 15.8. The first-order chi connectivity index (χ1) is 13.7. The molecule has 4 rings (SSSR count). The van der Waals surface area contributed by atoms with Crippen molar-refractivity contribution < 1.29 is 9.53 Å². The highest BCUT2D eigenvalue weighted by Gasteiger charge is 2.18. The number of nitrogens with one attached hydrogen (secondary N) is 1. The standard InChI is InChI=1S/C22H22N4O2/c1-2-28-21(27)17-7-9-19(10-8-17)24-20-11-13-23-22(25-20)26-14-12-16-5-3-4-6-18(16)15-26/h3-11,13H,2,12,14-15H2,1H3,(H,23,24,25). The highest BCUT2D eigenvalue weighted by Crippen LogP contribution is 2.23. The Labute approximate surface area is 164 Å². The third kappa shape index (κ3) is 3.96. The molecule has 0 spiro atoms. The van der Waals surface area contributed by atoms with E-state index in [-0.39, 0.29) is 5.97 Å². The number of rotatable bonds is 5. The summed E-state index contributed by atoms with van der Waals surface area (Å²) in [5.74, 6) is 1.11. The minimum Gasteiger partial charge on any atom is -0.462 e. The second-order valence-electron chi connectivity index (χ2n) is 6.60. The maximum absolute atomic E-state index is 11.8. The number of esters is 1. The molecule has 6 heteroatoms. The fourth-order valence-electron chi connectivity index (χ4n) is 3.29. The van der Waals surface area contributed by atoms with E-state index in [9.17, 15) is 4.79 Å². The van der Waals surface area contributed by atoms with Crippen LogP contribution in [0.5, 0.6) is 0 Å². The molecule has 2 heterocycles. The molecule has 3 aromatic rings. The van der Waals surface area contributed by atoms with Gasteiger partial charge in [0, 0.05) is 25.0 Å². The van der Waals surface area contributed by atoms with E-state index in [4.69, 9.17) is 4.74 Å². The fraction of sp³-hybridized carbons (Fsp3) is 0.227. The van der Waals surface area contributed by atoms with Crippen molar-refractivity contribution in [1.29, 1.82) is 0 Å². The third-order valence-electron chi connectivity index (χ3n) is 4.72. The Morgan fingerprint density at radius 3 is 2.68 bits per heavy atom. The Bertz CT molecular complexity index is 972. The second-order valence-corrected chi connectivity index (χ2v) is 6.60. The van der Waals surface area contributed by atoms with Gasteiger partial charge in [-0.25, -0.2) is 9.78 Å². The van der Waals surface area contributed by atoms with Gasteiger partial charge in [0.2, 0.25) is 5.95 Å². The molecule has 6 nitrogen and oxygen atoms in total.